The molecule has 5 nitrogen and oxygen atoms in total. The molecule has 0 aliphatic carbocycles. The smallest absolute Gasteiger partial charge is 0.268 e. The van der Waals surface area contributed by atoms with E-state index in [0.29, 0.717) is 11.5 Å². The Labute approximate surface area is 454 Å². The van der Waals surface area contributed by atoms with Crippen LogP contribution in [0.3, 0.4) is 0 Å². The maximum atomic E-state index is 6.75. The van der Waals surface area contributed by atoms with Crippen LogP contribution in [0.2, 0.25) is 0 Å². The molecular formula is C68H70N4OPt-2. The zero-order valence-electron chi connectivity index (χ0n) is 45.9. The van der Waals surface area contributed by atoms with Crippen LogP contribution in [0.25, 0.3) is 72.3 Å². The van der Waals surface area contributed by atoms with Gasteiger partial charge in [-0.25, -0.2) is 4.98 Å². The van der Waals surface area contributed by atoms with Gasteiger partial charge >= 0.3 is 0 Å². The molecule has 10 rings (SSSR count). The van der Waals surface area contributed by atoms with Crippen molar-refractivity contribution in [1.82, 2.24) is 14.1 Å². The molecule has 0 saturated carbocycles. The zero-order valence-corrected chi connectivity index (χ0v) is 48.2. The Balaban J connectivity index is 0.00000672. The Bertz CT molecular complexity index is 3710. The zero-order chi connectivity index (χ0) is 52.0. The van der Waals surface area contributed by atoms with E-state index >= 15 is 0 Å². The summed E-state index contributed by atoms with van der Waals surface area (Å²) in [6, 6.07) is 60.2. The number of hydrogen-bond acceptors (Lipinski definition) is 2. The second-order valence-corrected chi connectivity index (χ2v) is 25.2. The third-order valence-corrected chi connectivity index (χ3v) is 14.4. The Hall–Kier alpha value is -6.55. The van der Waals surface area contributed by atoms with E-state index in [4.69, 9.17) is 9.72 Å². The fraction of sp³-hybridized carbons (Fsp3) is 0.294. The Morgan fingerprint density at radius 2 is 1.01 bits per heavy atom. The van der Waals surface area contributed by atoms with Gasteiger partial charge in [0.1, 0.15) is 5.82 Å². The van der Waals surface area contributed by atoms with Gasteiger partial charge in [0, 0.05) is 44.3 Å². The van der Waals surface area contributed by atoms with Gasteiger partial charge in [-0.15, -0.1) is 29.7 Å². The van der Waals surface area contributed by atoms with Crippen LogP contribution in [-0.2, 0) is 48.1 Å². The third-order valence-electron chi connectivity index (χ3n) is 14.4. The molecule has 0 fully saturated rings. The largest absolute Gasteiger partial charge is 0.510 e. The first-order valence-electron chi connectivity index (χ1n) is 25.9. The molecule has 0 N–H and O–H groups in total. The predicted octanol–water partition coefficient (Wildman–Crippen LogP) is 17.4. The summed E-state index contributed by atoms with van der Waals surface area (Å²) in [6.45, 7) is 34.5. The minimum absolute atomic E-state index is 0. The number of hydrogen-bond donors (Lipinski definition) is 0. The van der Waals surface area contributed by atoms with Gasteiger partial charge in [0.15, 0.2) is 0 Å². The van der Waals surface area contributed by atoms with Crippen molar-refractivity contribution in [2.45, 2.75) is 131 Å². The van der Waals surface area contributed by atoms with E-state index in [1.165, 1.54) is 38.9 Å². The molecule has 0 bridgehead atoms. The van der Waals surface area contributed by atoms with Crippen molar-refractivity contribution < 1.29 is 30.4 Å². The molecule has 0 aliphatic rings. The van der Waals surface area contributed by atoms with Gasteiger partial charge < -0.3 is 13.9 Å². The number of nitrogens with zero attached hydrogens (tertiary/aromatic N) is 4. The summed E-state index contributed by atoms with van der Waals surface area (Å²) in [7, 11) is 0. The molecule has 0 amide bonds. The van der Waals surface area contributed by atoms with Crippen LogP contribution in [-0.4, -0.2) is 14.1 Å². The maximum absolute atomic E-state index is 6.75. The molecule has 0 radical (unpaired) electrons. The molecule has 0 saturated heterocycles. The summed E-state index contributed by atoms with van der Waals surface area (Å²) >= 11 is 0. The van der Waals surface area contributed by atoms with Crippen molar-refractivity contribution in [2.24, 2.45) is 0 Å². The quantitative estimate of drug-likeness (QED) is 0.118. The average molecular weight is 1150 g/mol. The Morgan fingerprint density at radius 3 is 1.68 bits per heavy atom. The number of ether oxygens (including phenoxy) is 1. The fourth-order valence-corrected chi connectivity index (χ4v) is 9.88. The van der Waals surface area contributed by atoms with Crippen LogP contribution in [0.5, 0.6) is 11.5 Å². The molecule has 0 unspecified atom stereocenters. The van der Waals surface area contributed by atoms with Crippen molar-refractivity contribution >= 4 is 32.8 Å². The van der Waals surface area contributed by atoms with E-state index in [-0.39, 0.29) is 48.1 Å². The van der Waals surface area contributed by atoms with Crippen LogP contribution in [0.15, 0.2) is 152 Å². The monoisotopic (exact) mass is 1150 g/mol. The molecule has 380 valence electrons. The molecule has 6 heteroatoms. The van der Waals surface area contributed by atoms with Crippen LogP contribution in [0.4, 0.5) is 0 Å². The summed E-state index contributed by atoms with van der Waals surface area (Å²) in [5.74, 6) is 2.01. The number of pyridine rings is 1. The summed E-state index contributed by atoms with van der Waals surface area (Å²) in [4.78, 5) is 4.89. The van der Waals surface area contributed by atoms with E-state index in [1.54, 1.807) is 0 Å². The van der Waals surface area contributed by atoms with Gasteiger partial charge in [-0.05, 0) is 106 Å². The number of rotatable bonds is 7. The SMILES string of the molecule is CC(C)(C)c1cccc(-c2cc(C(C)(C)C)cc(-c3cc(C(C)(C)C)cc(C(C)(C)C)c3)c2-[n+]2[c-]n(-c3[c-]c(Oc4[c-]c5c(cc4)c4ccccc4n5-c4cc(C(C)(C)C)ccn4)ccc3)c3ccccc32)c1.[Pt]. The molecule has 74 heavy (non-hydrogen) atoms. The van der Waals surface area contributed by atoms with Gasteiger partial charge in [-0.1, -0.05) is 206 Å². The number of benzene rings is 7. The van der Waals surface area contributed by atoms with Crippen molar-refractivity contribution in [2.75, 3.05) is 0 Å². The number of fused-ring (bicyclic) bond motifs is 4. The number of aromatic nitrogens is 4. The third kappa shape index (κ3) is 10.1. The average Bonchev–Trinajstić information content (AvgIpc) is 3.88. The topological polar surface area (TPSA) is 35.9 Å². The second-order valence-electron chi connectivity index (χ2n) is 25.2. The van der Waals surface area contributed by atoms with Crippen molar-refractivity contribution in [3.8, 4) is 50.9 Å². The Kier molecular flexibility index (Phi) is 13.4. The van der Waals surface area contributed by atoms with Gasteiger partial charge in [-0.2, -0.15) is 18.2 Å². The van der Waals surface area contributed by atoms with Crippen molar-refractivity contribution in [3.63, 3.8) is 0 Å². The maximum Gasteiger partial charge on any atom is 0.268 e. The van der Waals surface area contributed by atoms with Crippen molar-refractivity contribution in [1.29, 1.82) is 0 Å². The predicted molar refractivity (Wildman–Crippen MR) is 304 cm³/mol. The van der Waals surface area contributed by atoms with E-state index < -0.39 is 0 Å². The molecule has 3 aromatic heterocycles. The first-order chi connectivity index (χ1) is 34.3. The minimum Gasteiger partial charge on any atom is -0.510 e. The van der Waals surface area contributed by atoms with Crippen molar-refractivity contribution in [3.05, 3.63) is 198 Å². The Morgan fingerprint density at radius 1 is 0.459 bits per heavy atom. The van der Waals surface area contributed by atoms with Crippen LogP contribution in [0.1, 0.15) is 132 Å². The summed E-state index contributed by atoms with van der Waals surface area (Å²) < 4.78 is 13.4. The molecule has 0 aliphatic heterocycles. The second kappa shape index (κ2) is 19.0. The number of para-hydroxylation sites is 3. The molecular weight excluding hydrogens is 1080 g/mol. The van der Waals surface area contributed by atoms with Crippen LogP contribution >= 0.6 is 0 Å². The first kappa shape index (κ1) is 52.3. The summed E-state index contributed by atoms with van der Waals surface area (Å²) in [5, 5.41) is 2.22. The van der Waals surface area contributed by atoms with Crippen LogP contribution in [0, 0.1) is 18.5 Å². The standard InChI is InChI=1S/C68H70N4O.Pt/c1-64(2,3)46-23-20-22-44(34-46)56-38-50(68(13,14)15)39-57(45-35-48(66(7,8)9)37-49(36-45)67(10,11)12)63(56)71-43-70(59-28-18-19-29-60(59)71)51-24-21-25-52(41-51)73-53-30-31-55-54-26-16-17-27-58(54)72(61(55)42-53)62-40-47(32-33-69-62)65(4,5)6;/h16-40H,1-15H3;/q-2;. The first-order valence-corrected chi connectivity index (χ1v) is 25.9. The van der Waals surface area contributed by atoms with E-state index in [9.17, 15) is 0 Å². The van der Waals surface area contributed by atoms with Gasteiger partial charge in [-0.3, -0.25) is 4.57 Å². The summed E-state index contributed by atoms with van der Waals surface area (Å²) in [6.07, 6.45) is 5.84. The van der Waals surface area contributed by atoms with Gasteiger partial charge in [0.25, 0.3) is 6.33 Å². The molecule has 7 aromatic carbocycles. The van der Waals surface area contributed by atoms with E-state index in [1.807, 2.05) is 24.4 Å². The van der Waals surface area contributed by atoms with E-state index in [2.05, 4.69) is 263 Å². The summed E-state index contributed by atoms with van der Waals surface area (Å²) in [5.41, 5.74) is 16.6. The molecule has 0 atom stereocenters. The minimum atomic E-state index is -0.136. The fourth-order valence-electron chi connectivity index (χ4n) is 9.88. The van der Waals surface area contributed by atoms with Gasteiger partial charge in [0.05, 0.1) is 16.7 Å². The number of imidazole rings is 1. The van der Waals surface area contributed by atoms with Gasteiger partial charge in [0.2, 0.25) is 0 Å². The van der Waals surface area contributed by atoms with Crippen LogP contribution < -0.4 is 9.30 Å². The molecule has 0 spiro atoms. The molecule has 10 aromatic rings. The van der Waals surface area contributed by atoms with E-state index in [0.717, 1.165) is 61.2 Å². The molecule has 3 heterocycles. The normalized spacial score (nSPS) is 12.7.